The zero-order valence-electron chi connectivity index (χ0n) is 27.9. The largest absolute Gasteiger partial charge is 0.492 e. The Labute approximate surface area is 269 Å². The quantitative estimate of drug-likeness (QED) is 0.0717. The SMILES string of the molecule is CCCCCCCCCCCCC1(CCCCCCCCCCCC)c2cccc(B(O)O)c2Oc2c(B(O)O)cccc21. The molecule has 244 valence electrons. The molecule has 0 aliphatic carbocycles. The van der Waals surface area contributed by atoms with Gasteiger partial charge in [0.15, 0.2) is 0 Å². The molecule has 0 saturated carbocycles. The van der Waals surface area contributed by atoms with Gasteiger partial charge in [0.1, 0.15) is 11.5 Å². The molecule has 0 saturated heterocycles. The highest BCUT2D eigenvalue weighted by Crippen LogP contribution is 2.52. The molecule has 0 amide bonds. The van der Waals surface area contributed by atoms with Crippen molar-refractivity contribution in [2.75, 3.05) is 0 Å². The Morgan fingerprint density at radius 1 is 0.477 bits per heavy atom. The Bertz CT molecular complexity index is 990. The summed E-state index contributed by atoms with van der Waals surface area (Å²) in [6.07, 6.45) is 27.2. The van der Waals surface area contributed by atoms with Crippen LogP contribution in [-0.4, -0.2) is 34.3 Å². The first-order chi connectivity index (χ1) is 21.5. The molecule has 1 aliphatic heterocycles. The third-order valence-corrected chi connectivity index (χ3v) is 9.80. The van der Waals surface area contributed by atoms with Gasteiger partial charge in [-0.3, -0.25) is 0 Å². The topological polar surface area (TPSA) is 90.2 Å². The highest BCUT2D eigenvalue weighted by molar-refractivity contribution is 6.60. The van der Waals surface area contributed by atoms with E-state index < -0.39 is 14.2 Å². The normalized spacial score (nSPS) is 13.3. The number of hydrogen-bond acceptors (Lipinski definition) is 5. The second kappa shape index (κ2) is 20.4. The number of benzene rings is 2. The Kier molecular flexibility index (Phi) is 17.0. The van der Waals surface area contributed by atoms with Gasteiger partial charge in [-0.15, -0.1) is 0 Å². The molecule has 0 unspecified atom stereocenters. The Morgan fingerprint density at radius 2 is 0.795 bits per heavy atom. The van der Waals surface area contributed by atoms with E-state index in [2.05, 4.69) is 26.0 Å². The van der Waals surface area contributed by atoms with Gasteiger partial charge in [0, 0.05) is 27.5 Å². The molecule has 0 fully saturated rings. The van der Waals surface area contributed by atoms with Crippen molar-refractivity contribution in [3.63, 3.8) is 0 Å². The van der Waals surface area contributed by atoms with Gasteiger partial charge in [0.25, 0.3) is 0 Å². The number of unbranched alkanes of at least 4 members (excludes halogenated alkanes) is 18. The highest BCUT2D eigenvalue weighted by atomic mass is 16.5. The van der Waals surface area contributed by atoms with Gasteiger partial charge in [-0.25, -0.2) is 0 Å². The number of para-hydroxylation sites is 2. The molecule has 5 nitrogen and oxygen atoms in total. The van der Waals surface area contributed by atoms with Gasteiger partial charge < -0.3 is 24.8 Å². The first-order valence-corrected chi connectivity index (χ1v) is 18.1. The lowest BCUT2D eigenvalue weighted by molar-refractivity contribution is 0.336. The molecule has 7 heteroatoms. The van der Waals surface area contributed by atoms with E-state index in [0.29, 0.717) is 22.4 Å². The summed E-state index contributed by atoms with van der Waals surface area (Å²) in [6.45, 7) is 4.52. The second-order valence-corrected chi connectivity index (χ2v) is 13.2. The van der Waals surface area contributed by atoms with Crippen LogP contribution in [0.1, 0.15) is 166 Å². The molecule has 1 aliphatic rings. The Morgan fingerprint density at radius 3 is 1.11 bits per heavy atom. The van der Waals surface area contributed by atoms with Gasteiger partial charge >= 0.3 is 14.2 Å². The molecule has 0 radical (unpaired) electrons. The van der Waals surface area contributed by atoms with E-state index in [1.54, 1.807) is 12.1 Å². The minimum absolute atomic E-state index is 0.325. The van der Waals surface area contributed by atoms with Crippen molar-refractivity contribution in [1.29, 1.82) is 0 Å². The Balaban J connectivity index is 1.77. The number of hydrogen-bond donors (Lipinski definition) is 4. The van der Waals surface area contributed by atoms with Crippen LogP contribution in [0, 0.1) is 0 Å². The summed E-state index contributed by atoms with van der Waals surface area (Å²) in [5, 5.41) is 41.1. The molecule has 3 rings (SSSR count). The van der Waals surface area contributed by atoms with E-state index >= 15 is 0 Å². The minimum Gasteiger partial charge on any atom is -0.457 e. The van der Waals surface area contributed by atoms with Crippen LogP contribution in [0.15, 0.2) is 36.4 Å². The first kappa shape index (κ1) is 36.7. The zero-order valence-corrected chi connectivity index (χ0v) is 27.9. The van der Waals surface area contributed by atoms with Gasteiger partial charge in [0.05, 0.1) is 0 Å². The molecule has 1 heterocycles. The maximum absolute atomic E-state index is 10.3. The molecular formula is C37H60B2O5. The standard InChI is InChI=1S/C37H60B2O5/c1-3-5-7-9-11-13-15-17-19-21-29-37(30-22-20-18-16-14-12-10-8-6-4-2)31-25-23-27-33(38(40)41)35(31)44-36-32(37)26-24-28-34(36)39(42)43/h23-28,40-43H,3-22,29-30H2,1-2H3. The molecule has 2 aromatic carbocycles. The lowest BCUT2D eigenvalue weighted by atomic mass is 9.62. The van der Waals surface area contributed by atoms with E-state index in [1.165, 1.54) is 103 Å². The molecule has 4 N–H and O–H groups in total. The third-order valence-electron chi connectivity index (χ3n) is 9.80. The summed E-state index contributed by atoms with van der Waals surface area (Å²) in [6, 6.07) is 11.4. The molecule has 2 aromatic rings. The molecule has 0 bridgehead atoms. The number of rotatable bonds is 24. The van der Waals surface area contributed by atoms with Crippen LogP contribution in [0.25, 0.3) is 0 Å². The molecule has 44 heavy (non-hydrogen) atoms. The maximum Gasteiger partial charge on any atom is 0.492 e. The van der Waals surface area contributed by atoms with Crippen LogP contribution in [0.5, 0.6) is 11.5 Å². The van der Waals surface area contributed by atoms with Crippen LogP contribution in [0.3, 0.4) is 0 Å². The number of fused-ring (bicyclic) bond motifs is 2. The van der Waals surface area contributed by atoms with Gasteiger partial charge in [0.2, 0.25) is 0 Å². The van der Waals surface area contributed by atoms with Crippen LogP contribution in [0.4, 0.5) is 0 Å². The summed E-state index contributed by atoms with van der Waals surface area (Å²) in [5.41, 5.74) is 2.25. The van der Waals surface area contributed by atoms with E-state index in [-0.39, 0.29) is 5.41 Å². The third kappa shape index (κ3) is 10.6. The smallest absolute Gasteiger partial charge is 0.457 e. The lowest BCUT2D eigenvalue weighted by Crippen LogP contribution is -2.41. The van der Waals surface area contributed by atoms with Gasteiger partial charge in [-0.2, -0.15) is 0 Å². The zero-order chi connectivity index (χ0) is 31.6. The second-order valence-electron chi connectivity index (χ2n) is 13.2. The van der Waals surface area contributed by atoms with Crippen LogP contribution >= 0.6 is 0 Å². The van der Waals surface area contributed by atoms with Crippen molar-refractivity contribution in [1.82, 2.24) is 0 Å². The maximum atomic E-state index is 10.3. The van der Waals surface area contributed by atoms with Crippen LogP contribution in [-0.2, 0) is 5.41 Å². The summed E-state index contributed by atoms with van der Waals surface area (Å²) in [4.78, 5) is 0. The van der Waals surface area contributed by atoms with E-state index in [9.17, 15) is 20.1 Å². The summed E-state index contributed by atoms with van der Waals surface area (Å²) in [5.74, 6) is 0.921. The van der Waals surface area contributed by atoms with E-state index in [0.717, 1.165) is 49.7 Å². The first-order valence-electron chi connectivity index (χ1n) is 18.1. The van der Waals surface area contributed by atoms with Crippen LogP contribution in [0.2, 0.25) is 0 Å². The molecule has 0 atom stereocenters. The van der Waals surface area contributed by atoms with Crippen molar-refractivity contribution >= 4 is 25.2 Å². The van der Waals surface area contributed by atoms with Crippen molar-refractivity contribution in [3.05, 3.63) is 47.5 Å². The Hall–Kier alpha value is -1.79. The minimum atomic E-state index is -1.68. The summed E-state index contributed by atoms with van der Waals surface area (Å²) < 4.78 is 6.38. The fraction of sp³-hybridized carbons (Fsp3) is 0.676. The van der Waals surface area contributed by atoms with Crippen molar-refractivity contribution in [2.24, 2.45) is 0 Å². The van der Waals surface area contributed by atoms with Crippen LogP contribution < -0.4 is 15.7 Å². The van der Waals surface area contributed by atoms with Crippen molar-refractivity contribution in [2.45, 2.75) is 161 Å². The highest BCUT2D eigenvalue weighted by Gasteiger charge is 2.44. The van der Waals surface area contributed by atoms with Gasteiger partial charge in [-0.1, -0.05) is 179 Å². The number of ether oxygens (including phenoxy) is 1. The van der Waals surface area contributed by atoms with E-state index in [4.69, 9.17) is 4.74 Å². The molecule has 0 spiro atoms. The summed E-state index contributed by atoms with van der Waals surface area (Å²) in [7, 11) is -3.35. The predicted octanol–water partition coefficient (Wildman–Crippen LogP) is 8.06. The monoisotopic (exact) mass is 606 g/mol. The molecular weight excluding hydrogens is 546 g/mol. The van der Waals surface area contributed by atoms with Crippen molar-refractivity contribution in [3.8, 4) is 11.5 Å². The average molecular weight is 607 g/mol. The average Bonchev–Trinajstić information content (AvgIpc) is 3.02. The van der Waals surface area contributed by atoms with E-state index in [1.807, 2.05) is 12.1 Å². The summed E-state index contributed by atoms with van der Waals surface area (Å²) >= 11 is 0. The molecule has 0 aromatic heterocycles. The fourth-order valence-electron chi connectivity index (χ4n) is 7.24. The lowest BCUT2D eigenvalue weighted by Gasteiger charge is -2.42. The fourth-order valence-corrected chi connectivity index (χ4v) is 7.24. The van der Waals surface area contributed by atoms with Gasteiger partial charge in [-0.05, 0) is 12.8 Å². The van der Waals surface area contributed by atoms with Crippen molar-refractivity contribution < 1.29 is 24.8 Å². The predicted molar refractivity (Wildman–Crippen MR) is 186 cm³/mol.